The number of nitrogen functional groups attached to an aromatic ring is 1. The zero-order chi connectivity index (χ0) is 25.5. The van der Waals surface area contributed by atoms with E-state index in [1.807, 2.05) is 19.1 Å². The average Bonchev–Trinajstić information content (AvgIpc) is 3.24. The molecule has 1 atom stereocenters. The topological polar surface area (TPSA) is 144 Å². The molecule has 0 bridgehead atoms. The summed E-state index contributed by atoms with van der Waals surface area (Å²) < 4.78 is 3.97. The maximum atomic E-state index is 13.9. The van der Waals surface area contributed by atoms with E-state index in [1.165, 1.54) is 4.90 Å². The van der Waals surface area contributed by atoms with E-state index in [2.05, 4.69) is 28.5 Å². The molecule has 0 radical (unpaired) electrons. The first kappa shape index (κ1) is 25.8. The van der Waals surface area contributed by atoms with Crippen LogP contribution < -0.4 is 21.7 Å². The number of amides is 3. The minimum Gasteiger partial charge on any atom is -0.395 e. The number of primary amides is 1. The first-order valence-electron chi connectivity index (χ1n) is 11.4. The van der Waals surface area contributed by atoms with E-state index in [1.54, 1.807) is 36.7 Å². The number of rotatable bonds is 10. The van der Waals surface area contributed by atoms with Crippen LogP contribution in [0.5, 0.6) is 0 Å². The summed E-state index contributed by atoms with van der Waals surface area (Å²) in [5, 5.41) is 2.96. The van der Waals surface area contributed by atoms with Gasteiger partial charge in [-0.05, 0) is 65.7 Å². The highest BCUT2D eigenvalue weighted by molar-refractivity contribution is 7.09. The Hall–Kier alpha value is -3.79. The largest absolute Gasteiger partial charge is 0.395 e. The van der Waals surface area contributed by atoms with Crippen LogP contribution in [0, 0.1) is 5.92 Å². The van der Waals surface area contributed by atoms with Gasteiger partial charge in [-0.1, -0.05) is 32.9 Å². The van der Waals surface area contributed by atoms with Crippen molar-refractivity contribution in [2.24, 2.45) is 11.7 Å². The van der Waals surface area contributed by atoms with Gasteiger partial charge < -0.3 is 16.8 Å². The van der Waals surface area contributed by atoms with Gasteiger partial charge in [0.2, 0.25) is 5.91 Å². The Morgan fingerprint density at radius 1 is 1.09 bits per heavy atom. The fraction of sp³-hybridized carbons (Fsp3) is 0.320. The Labute approximate surface area is 208 Å². The Kier molecular flexibility index (Phi) is 8.53. The monoisotopic (exact) mass is 494 g/mol. The lowest BCUT2D eigenvalue weighted by molar-refractivity contribution is -0.122. The molecule has 0 saturated heterocycles. The Balaban J connectivity index is 2.13. The van der Waals surface area contributed by atoms with E-state index < -0.39 is 17.9 Å². The maximum absolute atomic E-state index is 13.9. The second kappa shape index (κ2) is 11.6. The minimum atomic E-state index is -1.01. The van der Waals surface area contributed by atoms with E-state index >= 15 is 0 Å². The number of carbonyl (C=O) groups excluding carboxylic acids is 3. The molecule has 1 aromatic carbocycles. The number of carbonyl (C=O) groups is 3. The van der Waals surface area contributed by atoms with Crippen LogP contribution >= 0.6 is 11.5 Å². The SMILES string of the molecule is CCc1ccc(N(C(=O)c2snc(C(N)=O)c2N)[C@H](C(=O)NCCC(C)C)c2ccncc2)cc1. The molecule has 0 fully saturated rings. The van der Waals surface area contributed by atoms with Crippen LogP contribution in [0.25, 0.3) is 0 Å². The van der Waals surface area contributed by atoms with Crippen molar-refractivity contribution in [1.29, 1.82) is 0 Å². The molecule has 0 aliphatic rings. The highest BCUT2D eigenvalue weighted by Gasteiger charge is 2.36. The average molecular weight is 495 g/mol. The lowest BCUT2D eigenvalue weighted by atomic mass is 10.0. The fourth-order valence-corrected chi connectivity index (χ4v) is 4.30. The molecule has 3 aromatic rings. The molecule has 0 unspecified atom stereocenters. The van der Waals surface area contributed by atoms with E-state index in [4.69, 9.17) is 11.5 Å². The third kappa shape index (κ3) is 6.02. The lowest BCUT2D eigenvalue weighted by Gasteiger charge is -2.31. The second-order valence-corrected chi connectivity index (χ2v) is 9.26. The molecule has 0 aliphatic carbocycles. The summed E-state index contributed by atoms with van der Waals surface area (Å²) in [6.07, 6.45) is 4.75. The molecule has 5 N–H and O–H groups in total. The number of benzene rings is 1. The highest BCUT2D eigenvalue weighted by Crippen LogP contribution is 2.33. The number of aryl methyl sites for hydroxylation is 1. The molecule has 10 heteroatoms. The van der Waals surface area contributed by atoms with E-state index in [-0.39, 0.29) is 22.2 Å². The molecule has 3 amide bonds. The molecule has 0 aliphatic heterocycles. The zero-order valence-corrected chi connectivity index (χ0v) is 20.8. The summed E-state index contributed by atoms with van der Waals surface area (Å²) in [5.41, 5.74) is 13.3. The van der Waals surface area contributed by atoms with Gasteiger partial charge in [-0.3, -0.25) is 24.3 Å². The molecule has 35 heavy (non-hydrogen) atoms. The van der Waals surface area contributed by atoms with Gasteiger partial charge in [0.1, 0.15) is 10.9 Å². The minimum absolute atomic E-state index is 0.0346. The zero-order valence-electron chi connectivity index (χ0n) is 20.0. The number of nitrogens with two attached hydrogens (primary N) is 2. The van der Waals surface area contributed by atoms with Gasteiger partial charge in [-0.15, -0.1) is 0 Å². The molecule has 184 valence electrons. The van der Waals surface area contributed by atoms with Gasteiger partial charge >= 0.3 is 0 Å². The number of hydrogen-bond acceptors (Lipinski definition) is 7. The lowest BCUT2D eigenvalue weighted by Crippen LogP contribution is -2.44. The molecule has 3 rings (SSSR count). The van der Waals surface area contributed by atoms with Gasteiger partial charge in [0.15, 0.2) is 5.69 Å². The van der Waals surface area contributed by atoms with Gasteiger partial charge in [0.05, 0.1) is 5.69 Å². The molecule has 9 nitrogen and oxygen atoms in total. The number of anilines is 2. The fourth-order valence-electron chi connectivity index (χ4n) is 3.56. The van der Waals surface area contributed by atoms with Crippen molar-refractivity contribution in [3.05, 3.63) is 70.5 Å². The summed E-state index contributed by atoms with van der Waals surface area (Å²) >= 11 is 0.778. The van der Waals surface area contributed by atoms with Crippen molar-refractivity contribution in [2.75, 3.05) is 17.2 Å². The third-order valence-electron chi connectivity index (χ3n) is 5.55. The summed E-state index contributed by atoms with van der Waals surface area (Å²) in [6, 6.07) is 9.76. The number of nitrogens with zero attached hydrogens (tertiary/aromatic N) is 3. The summed E-state index contributed by atoms with van der Waals surface area (Å²) in [7, 11) is 0. The van der Waals surface area contributed by atoms with E-state index in [0.29, 0.717) is 23.7 Å². The van der Waals surface area contributed by atoms with Crippen LogP contribution in [-0.2, 0) is 11.2 Å². The smallest absolute Gasteiger partial charge is 0.273 e. The Morgan fingerprint density at radius 3 is 2.29 bits per heavy atom. The van der Waals surface area contributed by atoms with E-state index in [9.17, 15) is 14.4 Å². The van der Waals surface area contributed by atoms with Crippen molar-refractivity contribution >= 4 is 40.6 Å². The van der Waals surface area contributed by atoms with Gasteiger partial charge in [-0.2, -0.15) is 4.37 Å². The van der Waals surface area contributed by atoms with Crippen LogP contribution in [-0.4, -0.2) is 33.6 Å². The first-order valence-corrected chi connectivity index (χ1v) is 12.2. The third-order valence-corrected chi connectivity index (χ3v) is 6.40. The van der Waals surface area contributed by atoms with E-state index in [0.717, 1.165) is 29.9 Å². The quantitative estimate of drug-likeness (QED) is 0.394. The summed E-state index contributed by atoms with van der Waals surface area (Å²) in [4.78, 5) is 44.6. The molecule has 2 heterocycles. The van der Waals surface area contributed by atoms with Crippen LogP contribution in [0.15, 0.2) is 48.8 Å². The molecular formula is C25H30N6O3S. The maximum Gasteiger partial charge on any atom is 0.273 e. The van der Waals surface area contributed by atoms with Crippen molar-refractivity contribution in [1.82, 2.24) is 14.7 Å². The number of pyridine rings is 1. The summed E-state index contributed by atoms with van der Waals surface area (Å²) in [5.74, 6) is -1.33. The number of hydrogen-bond donors (Lipinski definition) is 3. The van der Waals surface area contributed by atoms with Crippen molar-refractivity contribution in [2.45, 2.75) is 39.7 Å². The predicted octanol–water partition coefficient (Wildman–Crippen LogP) is 3.33. The van der Waals surface area contributed by atoms with Crippen LogP contribution in [0.2, 0.25) is 0 Å². The van der Waals surface area contributed by atoms with Crippen molar-refractivity contribution in [3.63, 3.8) is 0 Å². The first-order chi connectivity index (χ1) is 16.7. The number of nitrogens with one attached hydrogen (secondary N) is 1. The van der Waals surface area contributed by atoms with Crippen LogP contribution in [0.1, 0.15) is 64.5 Å². The molecule has 0 saturated carbocycles. The molecule has 2 aromatic heterocycles. The molecular weight excluding hydrogens is 464 g/mol. The van der Waals surface area contributed by atoms with Crippen LogP contribution in [0.3, 0.4) is 0 Å². The summed E-state index contributed by atoms with van der Waals surface area (Å²) in [6.45, 7) is 6.63. The van der Waals surface area contributed by atoms with Gasteiger partial charge in [0.25, 0.3) is 11.8 Å². The standard InChI is InChI=1S/C25H30N6O3S/c1-4-16-5-7-18(8-6-16)31(25(34)22-19(26)20(23(27)32)30-35-22)21(17-10-12-28-13-11-17)24(33)29-14-9-15(2)3/h5-8,10-13,15,21H,4,9,14,26H2,1-3H3,(H2,27,32)(H,29,33)/t21-/m0/s1. The van der Waals surface area contributed by atoms with Crippen LogP contribution in [0.4, 0.5) is 11.4 Å². The second-order valence-electron chi connectivity index (χ2n) is 8.49. The van der Waals surface area contributed by atoms with Gasteiger partial charge in [0, 0.05) is 24.6 Å². The Morgan fingerprint density at radius 2 is 1.74 bits per heavy atom. The van der Waals surface area contributed by atoms with Gasteiger partial charge in [-0.25, -0.2) is 0 Å². The highest BCUT2D eigenvalue weighted by atomic mass is 32.1. The predicted molar refractivity (Wildman–Crippen MR) is 137 cm³/mol. The number of aromatic nitrogens is 2. The normalized spacial score (nSPS) is 11.8. The Bertz CT molecular complexity index is 1180. The van der Waals surface area contributed by atoms with Crippen molar-refractivity contribution in [3.8, 4) is 0 Å². The molecule has 0 spiro atoms. The van der Waals surface area contributed by atoms with Crippen molar-refractivity contribution < 1.29 is 14.4 Å².